The van der Waals surface area contributed by atoms with Crippen molar-refractivity contribution in [2.24, 2.45) is 0 Å². The zero-order valence-corrected chi connectivity index (χ0v) is 11.9. The topological polar surface area (TPSA) is 103 Å². The van der Waals surface area contributed by atoms with Gasteiger partial charge in [0.15, 0.2) is 5.78 Å². The van der Waals surface area contributed by atoms with E-state index < -0.39 is 9.85 Å². The van der Waals surface area contributed by atoms with Crippen LogP contribution in [0.4, 0.5) is 11.4 Å². The van der Waals surface area contributed by atoms with Gasteiger partial charge in [0.05, 0.1) is 9.85 Å². The molecule has 0 amide bonds. The minimum atomic E-state index is -0.565. The van der Waals surface area contributed by atoms with Gasteiger partial charge in [-0.05, 0) is 34.1 Å². The molecular weight excluding hydrogens is 344 g/mol. The number of ketones is 1. The molecule has 0 heterocycles. The van der Waals surface area contributed by atoms with Gasteiger partial charge in [0.1, 0.15) is 0 Å². The number of halogens is 1. The Morgan fingerprint density at radius 3 is 1.90 bits per heavy atom. The van der Waals surface area contributed by atoms with Gasteiger partial charge < -0.3 is 0 Å². The summed E-state index contributed by atoms with van der Waals surface area (Å²) in [6.07, 6.45) is 0. The number of nitro benzene ring substituents is 2. The molecule has 2 rings (SSSR count). The Hall–Kier alpha value is -2.61. The van der Waals surface area contributed by atoms with Crippen molar-refractivity contribution in [1.82, 2.24) is 0 Å². The van der Waals surface area contributed by atoms with E-state index in [1.807, 2.05) is 0 Å². The molecule has 0 aliphatic carbocycles. The van der Waals surface area contributed by atoms with E-state index in [-0.39, 0.29) is 28.3 Å². The molecule has 0 unspecified atom stereocenters. The van der Waals surface area contributed by atoms with Gasteiger partial charge in [0.2, 0.25) is 0 Å². The molecule has 2 aromatic carbocycles. The van der Waals surface area contributed by atoms with E-state index in [4.69, 9.17) is 0 Å². The minimum Gasteiger partial charge on any atom is -0.289 e. The van der Waals surface area contributed by atoms with Crippen LogP contribution in [0.1, 0.15) is 15.9 Å². The first-order chi connectivity index (χ1) is 9.90. The highest BCUT2D eigenvalue weighted by Gasteiger charge is 2.17. The van der Waals surface area contributed by atoms with E-state index >= 15 is 0 Å². The summed E-state index contributed by atoms with van der Waals surface area (Å²) >= 11 is 3.12. The first-order valence-corrected chi connectivity index (χ1v) is 6.42. The number of nitrogens with zero attached hydrogens (tertiary/aromatic N) is 2. The Morgan fingerprint density at radius 2 is 1.43 bits per heavy atom. The Bertz CT molecular complexity index is 743. The number of rotatable bonds is 4. The van der Waals surface area contributed by atoms with E-state index in [0.29, 0.717) is 4.47 Å². The standard InChI is InChI=1S/C13H7BrN2O5/c14-12-7-10(16(20)21)5-6-11(12)13(17)8-1-3-9(4-2-8)15(18)19/h1-7H. The molecule has 0 N–H and O–H groups in total. The van der Waals surface area contributed by atoms with Crippen LogP contribution < -0.4 is 0 Å². The Morgan fingerprint density at radius 1 is 0.905 bits per heavy atom. The van der Waals surface area contributed by atoms with Gasteiger partial charge in [-0.2, -0.15) is 0 Å². The maximum Gasteiger partial charge on any atom is 0.270 e. The lowest BCUT2D eigenvalue weighted by molar-refractivity contribution is -0.385. The lowest BCUT2D eigenvalue weighted by atomic mass is 10.0. The van der Waals surface area contributed by atoms with Crippen LogP contribution in [-0.2, 0) is 0 Å². The van der Waals surface area contributed by atoms with Crippen LogP contribution in [-0.4, -0.2) is 15.6 Å². The highest BCUT2D eigenvalue weighted by Crippen LogP contribution is 2.25. The molecule has 0 spiro atoms. The van der Waals surface area contributed by atoms with E-state index in [1.165, 1.54) is 42.5 Å². The molecule has 0 saturated carbocycles. The lowest BCUT2D eigenvalue weighted by Crippen LogP contribution is -2.03. The number of hydrogen-bond donors (Lipinski definition) is 0. The normalized spacial score (nSPS) is 10.1. The molecule has 7 nitrogen and oxygen atoms in total. The van der Waals surface area contributed by atoms with E-state index in [1.54, 1.807) is 0 Å². The molecule has 0 saturated heterocycles. The van der Waals surface area contributed by atoms with Crippen LogP contribution in [0, 0.1) is 20.2 Å². The zero-order chi connectivity index (χ0) is 15.6. The fourth-order valence-corrected chi connectivity index (χ4v) is 2.24. The highest BCUT2D eigenvalue weighted by atomic mass is 79.9. The minimum absolute atomic E-state index is 0.116. The van der Waals surface area contributed by atoms with Crippen LogP contribution in [0.3, 0.4) is 0 Å². The maximum absolute atomic E-state index is 12.3. The molecule has 106 valence electrons. The Labute approximate surface area is 126 Å². The number of carbonyl (C=O) groups excluding carboxylic acids is 1. The van der Waals surface area contributed by atoms with Gasteiger partial charge in [-0.3, -0.25) is 25.0 Å². The summed E-state index contributed by atoms with van der Waals surface area (Å²) in [5, 5.41) is 21.2. The summed E-state index contributed by atoms with van der Waals surface area (Å²) in [6.45, 7) is 0. The summed E-state index contributed by atoms with van der Waals surface area (Å²) < 4.78 is 0.292. The second-order valence-corrected chi connectivity index (χ2v) is 4.91. The molecule has 8 heteroatoms. The number of nitro groups is 2. The molecule has 0 fully saturated rings. The van der Waals surface area contributed by atoms with Crippen molar-refractivity contribution in [1.29, 1.82) is 0 Å². The van der Waals surface area contributed by atoms with Gasteiger partial charge >= 0.3 is 0 Å². The molecule has 2 aromatic rings. The predicted octanol–water partition coefficient (Wildman–Crippen LogP) is 3.50. The molecule has 21 heavy (non-hydrogen) atoms. The third kappa shape index (κ3) is 3.11. The van der Waals surface area contributed by atoms with Crippen molar-refractivity contribution in [2.75, 3.05) is 0 Å². The zero-order valence-electron chi connectivity index (χ0n) is 10.4. The third-order valence-corrected chi connectivity index (χ3v) is 3.40. The summed E-state index contributed by atoms with van der Waals surface area (Å²) in [4.78, 5) is 32.3. The van der Waals surface area contributed by atoms with Crippen LogP contribution in [0.5, 0.6) is 0 Å². The van der Waals surface area contributed by atoms with Crippen molar-refractivity contribution in [3.05, 3.63) is 78.3 Å². The highest BCUT2D eigenvalue weighted by molar-refractivity contribution is 9.10. The number of carbonyl (C=O) groups is 1. The summed E-state index contributed by atoms with van der Waals surface area (Å²) in [5.41, 5.74) is 0.251. The fourth-order valence-electron chi connectivity index (χ4n) is 1.69. The maximum atomic E-state index is 12.3. The van der Waals surface area contributed by atoms with Gasteiger partial charge in [0.25, 0.3) is 11.4 Å². The molecule has 0 bridgehead atoms. The van der Waals surface area contributed by atoms with Crippen LogP contribution in [0.2, 0.25) is 0 Å². The van der Waals surface area contributed by atoms with E-state index in [9.17, 15) is 25.0 Å². The quantitative estimate of drug-likeness (QED) is 0.476. The molecule has 0 aliphatic rings. The molecular formula is C13H7BrN2O5. The van der Waals surface area contributed by atoms with Crippen LogP contribution in [0.15, 0.2) is 46.9 Å². The average Bonchev–Trinajstić information content (AvgIpc) is 2.46. The van der Waals surface area contributed by atoms with E-state index in [2.05, 4.69) is 15.9 Å². The van der Waals surface area contributed by atoms with Gasteiger partial charge in [-0.25, -0.2) is 0 Å². The van der Waals surface area contributed by atoms with Crippen LogP contribution in [0.25, 0.3) is 0 Å². The van der Waals surface area contributed by atoms with Crippen molar-refractivity contribution in [3.63, 3.8) is 0 Å². The van der Waals surface area contributed by atoms with Gasteiger partial charge in [-0.1, -0.05) is 0 Å². The summed E-state index contributed by atoms with van der Waals surface area (Å²) in [5.74, 6) is -0.383. The fraction of sp³-hybridized carbons (Fsp3) is 0. The first kappa shape index (κ1) is 14.8. The number of hydrogen-bond acceptors (Lipinski definition) is 5. The van der Waals surface area contributed by atoms with Crippen molar-refractivity contribution < 1.29 is 14.6 Å². The van der Waals surface area contributed by atoms with Gasteiger partial charge in [-0.15, -0.1) is 0 Å². The van der Waals surface area contributed by atoms with Crippen molar-refractivity contribution >= 4 is 33.1 Å². The number of non-ortho nitro benzene ring substituents is 2. The summed E-state index contributed by atoms with van der Waals surface area (Å²) in [7, 11) is 0. The summed E-state index contributed by atoms with van der Waals surface area (Å²) in [6, 6.07) is 8.94. The monoisotopic (exact) mass is 350 g/mol. The Balaban J connectivity index is 2.35. The van der Waals surface area contributed by atoms with Crippen molar-refractivity contribution in [2.45, 2.75) is 0 Å². The molecule has 0 atom stereocenters. The second kappa shape index (κ2) is 5.80. The van der Waals surface area contributed by atoms with Crippen LogP contribution >= 0.6 is 15.9 Å². The number of benzene rings is 2. The largest absolute Gasteiger partial charge is 0.289 e. The predicted molar refractivity (Wildman–Crippen MR) is 77.3 cm³/mol. The van der Waals surface area contributed by atoms with Crippen molar-refractivity contribution in [3.8, 4) is 0 Å². The molecule has 0 aromatic heterocycles. The van der Waals surface area contributed by atoms with E-state index in [0.717, 1.165) is 0 Å². The lowest BCUT2D eigenvalue weighted by Gasteiger charge is -2.04. The SMILES string of the molecule is O=C(c1ccc([N+](=O)[O-])cc1)c1ccc([N+](=O)[O-])cc1Br. The second-order valence-electron chi connectivity index (χ2n) is 4.05. The third-order valence-electron chi connectivity index (χ3n) is 2.75. The average molecular weight is 351 g/mol. The molecule has 0 radical (unpaired) electrons. The first-order valence-electron chi connectivity index (χ1n) is 5.63. The molecule has 0 aliphatic heterocycles. The van der Waals surface area contributed by atoms with Gasteiger partial charge in [0, 0.05) is 39.9 Å². The Kier molecular flexibility index (Phi) is 4.08. The smallest absolute Gasteiger partial charge is 0.270 e.